The van der Waals surface area contributed by atoms with Crippen molar-refractivity contribution < 1.29 is 0 Å². The number of halogens is 1. The highest BCUT2D eigenvalue weighted by Crippen LogP contribution is 2.24. The van der Waals surface area contributed by atoms with Crippen LogP contribution in [0, 0.1) is 13.8 Å². The van der Waals surface area contributed by atoms with E-state index < -0.39 is 0 Å². The van der Waals surface area contributed by atoms with Gasteiger partial charge in [0.05, 0.1) is 11.3 Å². The minimum atomic E-state index is 0.313. The van der Waals surface area contributed by atoms with Crippen molar-refractivity contribution in [2.75, 3.05) is 5.32 Å². The van der Waals surface area contributed by atoms with Gasteiger partial charge in [0.1, 0.15) is 4.99 Å². The van der Waals surface area contributed by atoms with Gasteiger partial charge in [-0.05, 0) is 37.6 Å². The van der Waals surface area contributed by atoms with Crippen LogP contribution in [0.5, 0.6) is 0 Å². The number of nitrogens with zero attached hydrogens (tertiary/aromatic N) is 2. The molecule has 1 aromatic heterocycles. The number of anilines is 2. The van der Waals surface area contributed by atoms with Gasteiger partial charge in [0, 0.05) is 10.2 Å². The minimum Gasteiger partial charge on any atom is -0.389 e. The van der Waals surface area contributed by atoms with Crippen molar-refractivity contribution in [3.63, 3.8) is 0 Å². The van der Waals surface area contributed by atoms with Crippen molar-refractivity contribution in [3.8, 4) is 0 Å². The Morgan fingerprint density at radius 2 is 2.05 bits per heavy atom. The molecule has 1 heterocycles. The van der Waals surface area contributed by atoms with Crippen molar-refractivity contribution >= 4 is 44.6 Å². The first-order valence-electron chi connectivity index (χ1n) is 5.65. The molecule has 0 amide bonds. The van der Waals surface area contributed by atoms with Crippen molar-refractivity contribution in [2.45, 2.75) is 13.8 Å². The molecule has 0 aliphatic heterocycles. The quantitative estimate of drug-likeness (QED) is 0.842. The number of rotatable bonds is 3. The van der Waals surface area contributed by atoms with Gasteiger partial charge in [0.15, 0.2) is 5.82 Å². The van der Waals surface area contributed by atoms with E-state index in [4.69, 9.17) is 18.0 Å². The Balaban J connectivity index is 2.46. The number of nitrogens with two attached hydrogens (primary N) is 1. The highest BCUT2D eigenvalue weighted by atomic mass is 79.9. The maximum atomic E-state index is 5.78. The van der Waals surface area contributed by atoms with E-state index in [-0.39, 0.29) is 0 Å². The van der Waals surface area contributed by atoms with Crippen molar-refractivity contribution in [3.05, 3.63) is 45.6 Å². The van der Waals surface area contributed by atoms with E-state index in [0.29, 0.717) is 10.8 Å². The molecule has 0 radical (unpaired) electrons. The summed E-state index contributed by atoms with van der Waals surface area (Å²) in [6.45, 7) is 3.82. The molecule has 0 fully saturated rings. The third-order valence-corrected chi connectivity index (χ3v) is 3.49. The smallest absolute Gasteiger partial charge is 0.163 e. The van der Waals surface area contributed by atoms with Gasteiger partial charge < -0.3 is 11.1 Å². The van der Waals surface area contributed by atoms with Crippen LogP contribution in [-0.4, -0.2) is 15.2 Å². The van der Waals surface area contributed by atoms with Crippen molar-refractivity contribution in [2.24, 2.45) is 5.73 Å². The van der Waals surface area contributed by atoms with Crippen molar-refractivity contribution in [1.29, 1.82) is 0 Å². The lowest BCUT2D eigenvalue weighted by Gasteiger charge is -2.13. The summed E-state index contributed by atoms with van der Waals surface area (Å²) in [5, 5.41) is 11.4. The molecule has 0 aliphatic rings. The summed E-state index contributed by atoms with van der Waals surface area (Å²) in [5.74, 6) is 0.578. The van der Waals surface area contributed by atoms with Gasteiger partial charge in [-0.3, -0.25) is 0 Å². The summed E-state index contributed by atoms with van der Waals surface area (Å²) in [7, 11) is 0. The van der Waals surface area contributed by atoms with E-state index in [0.717, 1.165) is 27.0 Å². The zero-order chi connectivity index (χ0) is 14.0. The summed E-state index contributed by atoms with van der Waals surface area (Å²) in [6.07, 6.45) is 0. The predicted molar refractivity (Wildman–Crippen MR) is 84.8 cm³/mol. The number of benzene rings is 1. The average Bonchev–Trinajstić information content (AvgIpc) is 2.33. The summed E-state index contributed by atoms with van der Waals surface area (Å²) >= 11 is 8.52. The number of aromatic nitrogens is 2. The van der Waals surface area contributed by atoms with E-state index in [2.05, 4.69) is 31.4 Å². The van der Waals surface area contributed by atoms with Gasteiger partial charge >= 0.3 is 0 Å². The summed E-state index contributed by atoms with van der Waals surface area (Å²) in [4.78, 5) is 0.313. The Hall–Kier alpha value is -1.53. The van der Waals surface area contributed by atoms with Gasteiger partial charge in [-0.1, -0.05) is 34.2 Å². The molecule has 0 saturated heterocycles. The number of hydrogen-bond donors (Lipinski definition) is 2. The van der Waals surface area contributed by atoms with E-state index in [9.17, 15) is 0 Å². The van der Waals surface area contributed by atoms with E-state index in [1.165, 1.54) is 0 Å². The Kier molecular flexibility index (Phi) is 4.11. The third-order valence-electron chi connectivity index (χ3n) is 2.79. The van der Waals surface area contributed by atoms with Crippen LogP contribution >= 0.6 is 28.1 Å². The monoisotopic (exact) mass is 336 g/mol. The van der Waals surface area contributed by atoms with Crippen LogP contribution < -0.4 is 11.1 Å². The van der Waals surface area contributed by atoms with Crippen LogP contribution in [0.15, 0.2) is 28.7 Å². The van der Waals surface area contributed by atoms with E-state index in [1.54, 1.807) is 0 Å². The standard InChI is InChI=1S/C13H13BrN4S/c1-7-8(2)17-18-13(11(7)12(15)19)16-10-5-3-4-9(14)6-10/h3-6H,1-2H3,(H2,15,19)(H,16,18). The molecule has 0 unspecified atom stereocenters. The summed E-state index contributed by atoms with van der Waals surface area (Å²) in [6, 6.07) is 7.76. The Morgan fingerprint density at radius 3 is 2.68 bits per heavy atom. The zero-order valence-corrected chi connectivity index (χ0v) is 13.0. The molecule has 19 heavy (non-hydrogen) atoms. The molecule has 98 valence electrons. The molecule has 1 aromatic carbocycles. The van der Waals surface area contributed by atoms with Gasteiger partial charge in [-0.15, -0.1) is 5.10 Å². The zero-order valence-electron chi connectivity index (χ0n) is 10.6. The Bertz CT molecular complexity index is 643. The highest BCUT2D eigenvalue weighted by molar-refractivity contribution is 9.10. The lowest BCUT2D eigenvalue weighted by Crippen LogP contribution is -2.16. The number of nitrogens with one attached hydrogen (secondary N) is 1. The molecule has 2 rings (SSSR count). The second kappa shape index (κ2) is 5.63. The predicted octanol–water partition coefficient (Wildman–Crippen LogP) is 3.23. The topological polar surface area (TPSA) is 63.8 Å². The molecule has 0 spiro atoms. The molecule has 0 saturated carbocycles. The van der Waals surface area contributed by atoms with Gasteiger partial charge in [-0.25, -0.2) is 0 Å². The fraction of sp³-hybridized carbons (Fsp3) is 0.154. The van der Waals surface area contributed by atoms with Crippen molar-refractivity contribution in [1.82, 2.24) is 10.2 Å². The largest absolute Gasteiger partial charge is 0.389 e. The Morgan fingerprint density at radius 1 is 1.32 bits per heavy atom. The molecule has 0 aliphatic carbocycles. The lowest BCUT2D eigenvalue weighted by molar-refractivity contribution is 0.963. The second-order valence-electron chi connectivity index (χ2n) is 4.13. The first-order chi connectivity index (χ1) is 8.99. The maximum absolute atomic E-state index is 5.78. The summed E-state index contributed by atoms with van der Waals surface area (Å²) < 4.78 is 0.978. The molecular formula is C13H13BrN4S. The fourth-order valence-electron chi connectivity index (χ4n) is 1.70. The van der Waals surface area contributed by atoms with E-state index >= 15 is 0 Å². The highest BCUT2D eigenvalue weighted by Gasteiger charge is 2.13. The summed E-state index contributed by atoms with van der Waals surface area (Å²) in [5.41, 5.74) is 9.18. The third kappa shape index (κ3) is 3.08. The molecule has 0 atom stereocenters. The van der Waals surface area contributed by atoms with Crippen LogP contribution in [0.2, 0.25) is 0 Å². The van der Waals surface area contributed by atoms with Crippen LogP contribution in [0.1, 0.15) is 16.8 Å². The first kappa shape index (κ1) is 13.9. The van der Waals surface area contributed by atoms with E-state index in [1.807, 2.05) is 38.1 Å². The van der Waals surface area contributed by atoms with Crippen LogP contribution in [0.4, 0.5) is 11.5 Å². The molecule has 0 bridgehead atoms. The number of hydrogen-bond acceptors (Lipinski definition) is 4. The first-order valence-corrected chi connectivity index (χ1v) is 6.85. The number of thiocarbonyl (C=S) groups is 1. The van der Waals surface area contributed by atoms with Crippen LogP contribution in [0.25, 0.3) is 0 Å². The van der Waals surface area contributed by atoms with Crippen LogP contribution in [-0.2, 0) is 0 Å². The Labute approximate surface area is 125 Å². The molecular weight excluding hydrogens is 324 g/mol. The number of aryl methyl sites for hydroxylation is 1. The van der Waals surface area contributed by atoms with Gasteiger partial charge in [0.2, 0.25) is 0 Å². The van der Waals surface area contributed by atoms with Gasteiger partial charge in [0.25, 0.3) is 0 Å². The molecule has 2 aromatic rings. The lowest BCUT2D eigenvalue weighted by atomic mass is 10.1. The molecule has 6 heteroatoms. The fourth-order valence-corrected chi connectivity index (χ4v) is 2.35. The minimum absolute atomic E-state index is 0.313. The molecule has 4 nitrogen and oxygen atoms in total. The average molecular weight is 337 g/mol. The maximum Gasteiger partial charge on any atom is 0.163 e. The normalized spacial score (nSPS) is 10.3. The van der Waals surface area contributed by atoms with Crippen LogP contribution in [0.3, 0.4) is 0 Å². The second-order valence-corrected chi connectivity index (χ2v) is 5.49. The SMILES string of the molecule is Cc1nnc(Nc2cccc(Br)c2)c(C(N)=S)c1C. The van der Waals surface area contributed by atoms with Gasteiger partial charge in [-0.2, -0.15) is 5.10 Å². The molecule has 3 N–H and O–H groups in total.